The van der Waals surface area contributed by atoms with E-state index >= 15 is 0 Å². The van der Waals surface area contributed by atoms with Crippen molar-refractivity contribution in [3.63, 3.8) is 0 Å². The third-order valence-corrected chi connectivity index (χ3v) is 7.79. The van der Waals surface area contributed by atoms with E-state index in [0.717, 1.165) is 30.4 Å². The van der Waals surface area contributed by atoms with Gasteiger partial charge in [0.15, 0.2) is 0 Å². The monoisotopic (exact) mass is 480 g/mol. The highest BCUT2D eigenvalue weighted by atomic mass is 32.2. The first-order valence-corrected chi connectivity index (χ1v) is 15.4. The molecule has 0 atom stereocenters. The first-order chi connectivity index (χ1) is 15.9. The predicted molar refractivity (Wildman–Crippen MR) is 143 cm³/mol. The van der Waals surface area contributed by atoms with Gasteiger partial charge in [0.1, 0.15) is 0 Å². The van der Waals surface area contributed by atoms with Crippen molar-refractivity contribution in [2.45, 2.75) is 154 Å². The molecule has 0 fully saturated rings. The van der Waals surface area contributed by atoms with Crippen molar-refractivity contribution < 1.29 is 13.0 Å². The normalized spacial score (nSPS) is 12.0. The average molecular weight is 481 g/mol. The molecular weight excluding hydrogens is 428 g/mol. The molecule has 0 amide bonds. The molecule has 0 saturated heterocycles. The Morgan fingerprint density at radius 2 is 1.06 bits per heavy atom. The van der Waals surface area contributed by atoms with Gasteiger partial charge in [-0.05, 0) is 36.0 Å². The van der Waals surface area contributed by atoms with Crippen molar-refractivity contribution in [3.8, 4) is 0 Å². The molecule has 3 nitrogen and oxygen atoms in total. The maximum Gasteiger partial charge on any atom is 0.294 e. The summed E-state index contributed by atoms with van der Waals surface area (Å²) in [6.07, 6.45) is 24.9. The smallest absolute Gasteiger partial charge is 0.282 e. The van der Waals surface area contributed by atoms with Gasteiger partial charge in [0.05, 0.1) is 4.90 Å². The van der Waals surface area contributed by atoms with E-state index in [4.69, 9.17) is 0 Å². The molecule has 0 aromatic heterocycles. The zero-order chi connectivity index (χ0) is 24.4. The van der Waals surface area contributed by atoms with Crippen molar-refractivity contribution in [2.75, 3.05) is 0 Å². The van der Waals surface area contributed by atoms with Crippen LogP contribution < -0.4 is 0 Å². The second kappa shape index (κ2) is 18.5. The number of hydrogen-bond donors (Lipinski definition) is 1. The van der Waals surface area contributed by atoms with Crippen LogP contribution in [0, 0.1) is 0 Å². The summed E-state index contributed by atoms with van der Waals surface area (Å²) < 4.78 is 33.2. The first kappa shape index (κ1) is 30.2. The Morgan fingerprint density at radius 1 is 0.667 bits per heavy atom. The van der Waals surface area contributed by atoms with Gasteiger partial charge in [-0.2, -0.15) is 8.42 Å². The molecule has 0 aliphatic carbocycles. The minimum absolute atomic E-state index is 0.0978. The standard InChI is InChI=1S/C29H52O3S/c1-4-5-6-7-8-9-10-11-12-13-14-15-16-17-18-19-20-21-23-28-27(26(2)3)24-22-25-29(28)33(30,31)32/h22,24-26H,4-21,23H2,1-3H3,(H,30,31,32). The van der Waals surface area contributed by atoms with Crippen molar-refractivity contribution in [1.82, 2.24) is 0 Å². The molecular formula is C29H52O3S. The summed E-state index contributed by atoms with van der Waals surface area (Å²) in [4.78, 5) is 0.0978. The van der Waals surface area contributed by atoms with Crippen molar-refractivity contribution >= 4 is 10.1 Å². The second-order valence-corrected chi connectivity index (χ2v) is 11.6. The highest BCUT2D eigenvalue weighted by molar-refractivity contribution is 7.85. The molecule has 1 aromatic carbocycles. The average Bonchev–Trinajstić information content (AvgIpc) is 2.77. The Kier molecular flexibility index (Phi) is 16.9. The quantitative estimate of drug-likeness (QED) is 0.141. The summed E-state index contributed by atoms with van der Waals surface area (Å²) in [6, 6.07) is 5.26. The maximum atomic E-state index is 11.8. The molecule has 0 aliphatic rings. The van der Waals surface area contributed by atoms with Gasteiger partial charge < -0.3 is 0 Å². The van der Waals surface area contributed by atoms with Crippen molar-refractivity contribution in [3.05, 3.63) is 29.3 Å². The Bertz CT molecular complexity index is 710. The second-order valence-electron chi connectivity index (χ2n) is 10.2. The molecule has 0 heterocycles. The van der Waals surface area contributed by atoms with E-state index in [1.54, 1.807) is 6.07 Å². The lowest BCUT2D eigenvalue weighted by molar-refractivity contribution is 0.481. The van der Waals surface area contributed by atoms with Crippen LogP contribution in [0.1, 0.15) is 153 Å². The van der Waals surface area contributed by atoms with E-state index in [9.17, 15) is 13.0 Å². The SMILES string of the molecule is CCCCCCCCCCCCCCCCCCCCc1c(C(C)C)cccc1S(=O)(=O)O. The van der Waals surface area contributed by atoms with E-state index in [-0.39, 0.29) is 10.8 Å². The summed E-state index contributed by atoms with van der Waals surface area (Å²) in [7, 11) is -4.16. The van der Waals surface area contributed by atoms with Gasteiger partial charge in [-0.25, -0.2) is 0 Å². The third kappa shape index (κ3) is 14.2. The highest BCUT2D eigenvalue weighted by Crippen LogP contribution is 2.27. The summed E-state index contributed by atoms with van der Waals surface area (Å²) in [5.41, 5.74) is 1.85. The lowest BCUT2D eigenvalue weighted by Crippen LogP contribution is -2.07. The third-order valence-electron chi connectivity index (χ3n) is 6.85. The van der Waals surface area contributed by atoms with Crippen LogP contribution in [-0.2, 0) is 16.5 Å². The summed E-state index contributed by atoms with van der Waals surface area (Å²) >= 11 is 0. The van der Waals surface area contributed by atoms with Crippen LogP contribution in [0.25, 0.3) is 0 Å². The van der Waals surface area contributed by atoms with Crippen LogP contribution in [0.15, 0.2) is 23.1 Å². The van der Waals surface area contributed by atoms with E-state index in [0.29, 0.717) is 0 Å². The molecule has 0 unspecified atom stereocenters. The van der Waals surface area contributed by atoms with Gasteiger partial charge in [0.25, 0.3) is 10.1 Å². The molecule has 1 N–H and O–H groups in total. The molecule has 0 spiro atoms. The van der Waals surface area contributed by atoms with E-state index < -0.39 is 10.1 Å². The molecule has 0 radical (unpaired) electrons. The molecule has 0 aliphatic heterocycles. The largest absolute Gasteiger partial charge is 0.294 e. The summed E-state index contributed by atoms with van der Waals surface area (Å²) in [6.45, 7) is 6.42. The Morgan fingerprint density at radius 3 is 1.42 bits per heavy atom. The van der Waals surface area contributed by atoms with Crippen LogP contribution in [0.4, 0.5) is 0 Å². The molecule has 1 rings (SSSR count). The lowest BCUT2D eigenvalue weighted by atomic mass is 9.93. The molecule has 0 bridgehead atoms. The number of hydrogen-bond acceptors (Lipinski definition) is 2. The van der Waals surface area contributed by atoms with Crippen LogP contribution in [0.2, 0.25) is 0 Å². The number of benzene rings is 1. The zero-order valence-electron chi connectivity index (χ0n) is 21.9. The van der Waals surface area contributed by atoms with Crippen molar-refractivity contribution in [2.24, 2.45) is 0 Å². The first-order valence-electron chi connectivity index (χ1n) is 14.0. The minimum Gasteiger partial charge on any atom is -0.282 e. The lowest BCUT2D eigenvalue weighted by Gasteiger charge is -2.16. The summed E-state index contributed by atoms with van der Waals surface area (Å²) in [5.74, 6) is 0.247. The minimum atomic E-state index is -4.16. The van der Waals surface area contributed by atoms with Gasteiger partial charge >= 0.3 is 0 Å². The van der Waals surface area contributed by atoms with Crippen LogP contribution in [-0.4, -0.2) is 13.0 Å². The van der Waals surface area contributed by atoms with Gasteiger partial charge in [0.2, 0.25) is 0 Å². The topological polar surface area (TPSA) is 54.4 Å². The number of unbranched alkanes of at least 4 members (excludes halogenated alkanes) is 17. The molecule has 192 valence electrons. The Labute approximate surface area is 205 Å². The van der Waals surface area contributed by atoms with Gasteiger partial charge in [-0.3, -0.25) is 4.55 Å². The van der Waals surface area contributed by atoms with Crippen LogP contribution in [0.5, 0.6) is 0 Å². The van der Waals surface area contributed by atoms with E-state index in [1.807, 2.05) is 6.07 Å². The van der Waals surface area contributed by atoms with Gasteiger partial charge in [0, 0.05) is 0 Å². The highest BCUT2D eigenvalue weighted by Gasteiger charge is 2.19. The van der Waals surface area contributed by atoms with E-state index in [2.05, 4.69) is 20.8 Å². The van der Waals surface area contributed by atoms with E-state index in [1.165, 1.54) is 109 Å². The summed E-state index contributed by atoms with van der Waals surface area (Å²) in [5, 5.41) is 0. The fourth-order valence-corrected chi connectivity index (χ4v) is 5.62. The molecule has 0 saturated carbocycles. The predicted octanol–water partition coefficient (Wildman–Crippen LogP) is 9.64. The molecule has 1 aromatic rings. The number of rotatable bonds is 21. The Hall–Kier alpha value is -0.870. The van der Waals surface area contributed by atoms with Gasteiger partial charge in [-0.1, -0.05) is 142 Å². The van der Waals surface area contributed by atoms with Gasteiger partial charge in [-0.15, -0.1) is 0 Å². The van der Waals surface area contributed by atoms with Crippen LogP contribution in [0.3, 0.4) is 0 Å². The zero-order valence-corrected chi connectivity index (χ0v) is 22.7. The Balaban J connectivity index is 2.04. The van der Waals surface area contributed by atoms with Crippen molar-refractivity contribution in [1.29, 1.82) is 0 Å². The maximum absolute atomic E-state index is 11.8. The molecule has 33 heavy (non-hydrogen) atoms. The fourth-order valence-electron chi connectivity index (χ4n) is 4.84. The van der Waals surface area contributed by atoms with Crippen LogP contribution >= 0.6 is 0 Å². The fraction of sp³-hybridized carbons (Fsp3) is 0.793. The molecule has 4 heteroatoms.